The van der Waals surface area contributed by atoms with Gasteiger partial charge >= 0.3 is 0 Å². The number of anilines is 1. The molecule has 8 nitrogen and oxygen atoms in total. The lowest BCUT2D eigenvalue weighted by Crippen LogP contribution is -2.39. The first kappa shape index (κ1) is 26.7. The van der Waals surface area contributed by atoms with E-state index in [1.807, 2.05) is 63.8 Å². The number of aromatic amines is 1. The van der Waals surface area contributed by atoms with Gasteiger partial charge in [-0.2, -0.15) is 0 Å². The van der Waals surface area contributed by atoms with Gasteiger partial charge in [0.2, 0.25) is 0 Å². The van der Waals surface area contributed by atoms with E-state index in [1.54, 1.807) is 36.7 Å². The molecule has 1 amide bonds. The van der Waals surface area contributed by atoms with E-state index in [4.69, 9.17) is 21.3 Å². The second-order valence-corrected chi connectivity index (χ2v) is 12.3. The molecule has 1 saturated heterocycles. The number of likely N-dealkylation sites (tertiary alicyclic amines) is 1. The number of nitrogens with zero attached hydrogens (tertiary/aromatic N) is 4. The highest BCUT2D eigenvalue weighted by atomic mass is 35.5. The number of H-pyrrole nitrogens is 1. The summed E-state index contributed by atoms with van der Waals surface area (Å²) < 4.78 is 22.0. The Kier molecular flexibility index (Phi) is 7.13. The zero-order chi connectivity index (χ0) is 28.6. The molecule has 4 heterocycles. The number of benzene rings is 3. The Morgan fingerprint density at radius 1 is 1.00 bits per heavy atom. The molecule has 2 aliphatic rings. The molecular formula is C32H28ClN5O3S. The van der Waals surface area contributed by atoms with Gasteiger partial charge in [0, 0.05) is 42.0 Å². The summed E-state index contributed by atoms with van der Waals surface area (Å²) in [5.74, 6) is 1.77. The van der Waals surface area contributed by atoms with Crippen LogP contribution in [0.15, 0.2) is 96.2 Å². The van der Waals surface area contributed by atoms with E-state index >= 15 is 0 Å². The number of halogens is 1. The molecule has 2 atom stereocenters. The van der Waals surface area contributed by atoms with E-state index in [0.29, 0.717) is 40.0 Å². The van der Waals surface area contributed by atoms with E-state index in [0.717, 1.165) is 35.3 Å². The fourth-order valence-electron chi connectivity index (χ4n) is 5.74. The number of carbonyl (C=O) groups excluding carboxylic acids is 1. The number of hydrogen-bond acceptors (Lipinski definition) is 5. The van der Waals surface area contributed by atoms with Crippen LogP contribution in [-0.2, 0) is 11.0 Å². The molecule has 10 heteroatoms. The zero-order valence-electron chi connectivity index (χ0n) is 22.7. The van der Waals surface area contributed by atoms with Crippen LogP contribution >= 0.6 is 11.6 Å². The van der Waals surface area contributed by atoms with Crippen molar-refractivity contribution >= 4 is 45.2 Å². The van der Waals surface area contributed by atoms with Crippen LogP contribution < -0.4 is 9.04 Å². The number of nitrogens with one attached hydrogen (secondary N) is 1. The number of amides is 1. The van der Waals surface area contributed by atoms with Gasteiger partial charge in [0.15, 0.2) is 11.0 Å². The van der Waals surface area contributed by atoms with Gasteiger partial charge in [-0.05, 0) is 73.0 Å². The highest BCUT2D eigenvalue weighted by Crippen LogP contribution is 2.42. The summed E-state index contributed by atoms with van der Waals surface area (Å²) in [5, 5.41) is 0.626. The highest BCUT2D eigenvalue weighted by Gasteiger charge is 2.35. The highest BCUT2D eigenvalue weighted by molar-refractivity contribution is 7.86. The van der Waals surface area contributed by atoms with Crippen LogP contribution in [0.1, 0.15) is 46.5 Å². The van der Waals surface area contributed by atoms with Crippen molar-refractivity contribution in [3.63, 3.8) is 0 Å². The third-order valence-electron chi connectivity index (χ3n) is 7.97. The second-order valence-electron chi connectivity index (χ2n) is 10.5. The maximum Gasteiger partial charge on any atom is 0.253 e. The minimum absolute atomic E-state index is 0.0378. The number of aromatic nitrogens is 3. The van der Waals surface area contributed by atoms with Crippen molar-refractivity contribution in [1.29, 1.82) is 0 Å². The molecule has 3 aromatic carbocycles. The molecule has 1 N–H and O–H groups in total. The number of imidazole rings is 1. The number of rotatable bonds is 5. The molecule has 42 heavy (non-hydrogen) atoms. The SMILES string of the molecule is O=C(c1ccc2c(c1)OCC(c1ccc(Cl)cc1)N2S(=O)c1cccnc1)N1CCC(c2nc3ccccc3[nH]2)CC1. The van der Waals surface area contributed by atoms with Gasteiger partial charge in [-0.3, -0.25) is 14.1 Å². The second kappa shape index (κ2) is 11.2. The molecule has 212 valence electrons. The quantitative estimate of drug-likeness (QED) is 0.257. The van der Waals surface area contributed by atoms with E-state index in [2.05, 4.69) is 9.97 Å². The first-order valence-electron chi connectivity index (χ1n) is 13.9. The summed E-state index contributed by atoms with van der Waals surface area (Å²) in [5.41, 5.74) is 4.14. The van der Waals surface area contributed by atoms with Gasteiger partial charge in [0.25, 0.3) is 5.91 Å². The van der Waals surface area contributed by atoms with E-state index in [1.165, 1.54) is 0 Å². The third kappa shape index (κ3) is 5.03. The van der Waals surface area contributed by atoms with E-state index in [9.17, 15) is 9.00 Å². The molecule has 0 saturated carbocycles. The van der Waals surface area contributed by atoms with Crippen molar-refractivity contribution in [2.75, 3.05) is 24.0 Å². The van der Waals surface area contributed by atoms with Crippen LogP contribution in [0.3, 0.4) is 0 Å². The number of ether oxygens (including phenoxy) is 1. The number of para-hydroxylation sites is 2. The van der Waals surface area contributed by atoms with E-state index in [-0.39, 0.29) is 24.5 Å². The molecule has 2 unspecified atom stereocenters. The lowest BCUT2D eigenvalue weighted by Gasteiger charge is -2.38. The monoisotopic (exact) mass is 597 g/mol. The normalized spacial score (nSPS) is 18.0. The smallest absolute Gasteiger partial charge is 0.253 e. The Balaban J connectivity index is 1.12. The Labute approximate surface area is 250 Å². The topological polar surface area (TPSA) is 91.4 Å². The van der Waals surface area contributed by atoms with Gasteiger partial charge in [-0.1, -0.05) is 35.9 Å². The third-order valence-corrected chi connectivity index (χ3v) is 9.68. The summed E-state index contributed by atoms with van der Waals surface area (Å²) in [6.45, 7) is 1.56. The Hall–Kier alpha value is -4.21. The van der Waals surface area contributed by atoms with Gasteiger partial charge in [-0.25, -0.2) is 9.19 Å². The van der Waals surface area contributed by atoms with Crippen molar-refractivity contribution in [3.05, 3.63) is 113 Å². The summed E-state index contributed by atoms with van der Waals surface area (Å²) in [6.07, 6.45) is 4.94. The largest absolute Gasteiger partial charge is 0.489 e. The standard InChI is InChI=1S/C32H28ClN5O3S/c33-24-10-7-21(8-11-24)29-20-41-30-18-23(9-12-28(30)38(29)42(40)25-4-3-15-34-19-25)32(39)37-16-13-22(14-17-37)31-35-26-5-1-2-6-27(26)36-31/h1-12,15,18-19,22,29H,13-14,16-17,20H2,(H,35,36). The first-order valence-corrected chi connectivity index (χ1v) is 15.4. The average Bonchev–Trinajstić information content (AvgIpc) is 3.49. The van der Waals surface area contributed by atoms with Crippen molar-refractivity contribution in [2.45, 2.75) is 29.7 Å². The minimum Gasteiger partial charge on any atom is -0.489 e. The summed E-state index contributed by atoms with van der Waals surface area (Å²) >= 11 is 6.14. The van der Waals surface area contributed by atoms with Gasteiger partial charge in [-0.15, -0.1) is 0 Å². The van der Waals surface area contributed by atoms with Crippen LogP contribution in [0.5, 0.6) is 5.75 Å². The van der Waals surface area contributed by atoms with Crippen LogP contribution in [0.25, 0.3) is 11.0 Å². The maximum absolute atomic E-state index is 13.9. The molecule has 0 radical (unpaired) electrons. The molecular weight excluding hydrogens is 570 g/mol. The van der Waals surface area contributed by atoms with Gasteiger partial charge < -0.3 is 14.6 Å². The number of carbonyl (C=O) groups is 1. The zero-order valence-corrected chi connectivity index (χ0v) is 24.2. The van der Waals surface area contributed by atoms with Crippen molar-refractivity contribution in [2.24, 2.45) is 0 Å². The molecule has 1 fully saturated rings. The molecule has 0 bridgehead atoms. The van der Waals surface area contributed by atoms with Gasteiger partial charge in [0.05, 0.1) is 21.6 Å². The Morgan fingerprint density at radius 2 is 1.81 bits per heavy atom. The van der Waals surface area contributed by atoms with Gasteiger partial charge in [0.1, 0.15) is 24.2 Å². The fourth-order valence-corrected chi connectivity index (χ4v) is 7.18. The molecule has 0 aliphatic carbocycles. The predicted octanol–water partition coefficient (Wildman–Crippen LogP) is 6.29. The molecule has 0 spiro atoms. The summed E-state index contributed by atoms with van der Waals surface area (Å²) in [7, 11) is -1.56. The fraction of sp³-hybridized carbons (Fsp3) is 0.219. The van der Waals surface area contributed by atoms with E-state index < -0.39 is 11.0 Å². The number of pyridine rings is 1. The molecule has 2 aliphatic heterocycles. The number of piperidine rings is 1. The Bertz CT molecular complexity index is 1740. The van der Waals surface area contributed by atoms with Crippen LogP contribution in [-0.4, -0.2) is 49.7 Å². The predicted molar refractivity (Wildman–Crippen MR) is 163 cm³/mol. The average molecular weight is 598 g/mol. The van der Waals surface area contributed by atoms with Crippen LogP contribution in [0, 0.1) is 0 Å². The lowest BCUT2D eigenvalue weighted by molar-refractivity contribution is 0.0710. The summed E-state index contributed by atoms with van der Waals surface area (Å²) in [4.78, 5) is 28.4. The number of fused-ring (bicyclic) bond motifs is 2. The molecule has 7 rings (SSSR count). The maximum atomic E-state index is 13.9. The Morgan fingerprint density at radius 3 is 2.57 bits per heavy atom. The first-order chi connectivity index (χ1) is 20.5. The summed E-state index contributed by atoms with van der Waals surface area (Å²) in [6, 6.07) is 24.2. The van der Waals surface area contributed by atoms with Crippen molar-refractivity contribution in [3.8, 4) is 5.75 Å². The molecule has 2 aromatic heterocycles. The van der Waals surface area contributed by atoms with Crippen LogP contribution in [0.4, 0.5) is 5.69 Å². The number of hydrogen-bond donors (Lipinski definition) is 1. The van der Waals surface area contributed by atoms with Crippen molar-refractivity contribution in [1.82, 2.24) is 19.9 Å². The molecule has 5 aromatic rings. The minimum atomic E-state index is -1.56. The van der Waals surface area contributed by atoms with Crippen molar-refractivity contribution < 1.29 is 13.7 Å². The lowest BCUT2D eigenvalue weighted by atomic mass is 9.95. The van der Waals surface area contributed by atoms with Crippen LogP contribution in [0.2, 0.25) is 5.02 Å².